The van der Waals surface area contributed by atoms with E-state index in [2.05, 4.69) is 10.3 Å². The Morgan fingerprint density at radius 2 is 1.89 bits per heavy atom. The maximum absolute atomic E-state index is 12.9. The van der Waals surface area contributed by atoms with Gasteiger partial charge in [0.1, 0.15) is 5.03 Å². The first-order chi connectivity index (χ1) is 13.6. The van der Waals surface area contributed by atoms with Crippen molar-refractivity contribution in [1.29, 1.82) is 0 Å². The first kappa shape index (κ1) is 18.3. The van der Waals surface area contributed by atoms with E-state index >= 15 is 0 Å². The van der Waals surface area contributed by atoms with Crippen LogP contribution in [-0.4, -0.2) is 23.3 Å². The fourth-order valence-corrected chi connectivity index (χ4v) is 4.15. The van der Waals surface area contributed by atoms with Gasteiger partial charge < -0.3 is 10.2 Å². The van der Waals surface area contributed by atoms with Gasteiger partial charge in [0.25, 0.3) is 5.91 Å². The van der Waals surface area contributed by atoms with Crippen LogP contribution in [0.15, 0.2) is 76.8 Å². The highest BCUT2D eigenvalue weighted by Crippen LogP contribution is 2.32. The Kier molecular flexibility index (Phi) is 5.12. The first-order valence-corrected chi connectivity index (χ1v) is 9.84. The average molecular weight is 389 g/mol. The standard InChI is InChI=1S/C22H19N3O2S/c1-15(26)25-13-11-16-14-17(9-10-20(16)25)24-21(27)19-8-5-12-23-22(19)28-18-6-3-2-4-7-18/h2-10,12,14H,11,13H2,1H3,(H,24,27). The highest BCUT2D eigenvalue weighted by molar-refractivity contribution is 7.99. The van der Waals surface area contributed by atoms with Crippen molar-refractivity contribution in [3.05, 3.63) is 78.0 Å². The number of anilines is 2. The van der Waals surface area contributed by atoms with E-state index in [0.29, 0.717) is 22.8 Å². The van der Waals surface area contributed by atoms with E-state index in [1.807, 2.05) is 48.5 Å². The van der Waals surface area contributed by atoms with Crippen LogP contribution in [0.4, 0.5) is 11.4 Å². The summed E-state index contributed by atoms with van der Waals surface area (Å²) < 4.78 is 0. The van der Waals surface area contributed by atoms with Gasteiger partial charge in [-0.3, -0.25) is 9.59 Å². The van der Waals surface area contributed by atoms with Crippen LogP contribution >= 0.6 is 11.8 Å². The second-order valence-electron chi connectivity index (χ2n) is 6.49. The van der Waals surface area contributed by atoms with E-state index in [1.165, 1.54) is 11.8 Å². The van der Waals surface area contributed by atoms with E-state index < -0.39 is 0 Å². The van der Waals surface area contributed by atoms with E-state index in [0.717, 1.165) is 22.6 Å². The summed E-state index contributed by atoms with van der Waals surface area (Å²) in [6, 6.07) is 19.1. The highest BCUT2D eigenvalue weighted by atomic mass is 32.2. The Bertz CT molecular complexity index is 1040. The van der Waals surface area contributed by atoms with Gasteiger partial charge in [-0.25, -0.2) is 4.98 Å². The number of nitrogens with one attached hydrogen (secondary N) is 1. The number of aromatic nitrogens is 1. The third-order valence-electron chi connectivity index (χ3n) is 4.59. The molecule has 0 bridgehead atoms. The van der Waals surface area contributed by atoms with Gasteiger partial charge in [-0.1, -0.05) is 30.0 Å². The summed E-state index contributed by atoms with van der Waals surface area (Å²) in [6.45, 7) is 2.25. The number of carbonyl (C=O) groups excluding carboxylic acids is 2. The summed E-state index contributed by atoms with van der Waals surface area (Å²) in [5.41, 5.74) is 3.24. The summed E-state index contributed by atoms with van der Waals surface area (Å²) in [4.78, 5) is 31.7. The number of nitrogens with zero attached hydrogens (tertiary/aromatic N) is 2. The summed E-state index contributed by atoms with van der Waals surface area (Å²) in [6.07, 6.45) is 2.48. The molecule has 1 N–H and O–H groups in total. The number of hydrogen-bond donors (Lipinski definition) is 1. The minimum Gasteiger partial charge on any atom is -0.322 e. The fourth-order valence-electron chi connectivity index (χ4n) is 3.25. The molecule has 140 valence electrons. The molecule has 0 atom stereocenters. The lowest BCUT2D eigenvalue weighted by Crippen LogP contribution is -2.25. The maximum Gasteiger partial charge on any atom is 0.258 e. The van der Waals surface area contributed by atoms with E-state index in [9.17, 15) is 9.59 Å². The van der Waals surface area contributed by atoms with Crippen LogP contribution in [0.1, 0.15) is 22.8 Å². The molecule has 28 heavy (non-hydrogen) atoms. The molecule has 0 saturated heterocycles. The van der Waals surface area contributed by atoms with Crippen LogP contribution in [-0.2, 0) is 11.2 Å². The minimum absolute atomic E-state index is 0.0356. The smallest absolute Gasteiger partial charge is 0.258 e. The van der Waals surface area contributed by atoms with Crippen molar-refractivity contribution in [1.82, 2.24) is 4.98 Å². The molecule has 6 heteroatoms. The minimum atomic E-state index is -0.201. The number of hydrogen-bond acceptors (Lipinski definition) is 4. The van der Waals surface area contributed by atoms with Crippen LogP contribution in [0, 0.1) is 0 Å². The molecule has 2 heterocycles. The van der Waals surface area contributed by atoms with Gasteiger partial charge in [0.15, 0.2) is 0 Å². The second kappa shape index (κ2) is 7.86. The Labute approximate surface area is 167 Å². The molecule has 1 aliphatic heterocycles. The molecule has 3 aromatic rings. The molecule has 0 spiro atoms. The topological polar surface area (TPSA) is 62.3 Å². The zero-order valence-corrected chi connectivity index (χ0v) is 16.2. The van der Waals surface area contributed by atoms with Gasteiger partial charge in [0.05, 0.1) is 5.56 Å². The van der Waals surface area contributed by atoms with Gasteiger partial charge in [0.2, 0.25) is 5.91 Å². The molecular weight excluding hydrogens is 370 g/mol. The van der Waals surface area contributed by atoms with Crippen molar-refractivity contribution < 1.29 is 9.59 Å². The van der Waals surface area contributed by atoms with Crippen molar-refractivity contribution in [3.63, 3.8) is 0 Å². The SMILES string of the molecule is CC(=O)N1CCc2cc(NC(=O)c3cccnc3Sc3ccccc3)ccc21. The van der Waals surface area contributed by atoms with E-state index in [1.54, 1.807) is 30.2 Å². The van der Waals surface area contributed by atoms with Crippen LogP contribution in [0.2, 0.25) is 0 Å². The number of rotatable bonds is 4. The molecule has 2 aromatic carbocycles. The molecule has 4 rings (SSSR count). The summed E-state index contributed by atoms with van der Waals surface area (Å²) >= 11 is 1.46. The molecule has 0 aliphatic carbocycles. The number of amides is 2. The third-order valence-corrected chi connectivity index (χ3v) is 5.61. The second-order valence-corrected chi connectivity index (χ2v) is 7.55. The molecule has 2 amide bonds. The third kappa shape index (κ3) is 3.77. The van der Waals surface area contributed by atoms with Crippen molar-refractivity contribution >= 4 is 35.0 Å². The van der Waals surface area contributed by atoms with Gasteiger partial charge in [-0.15, -0.1) is 0 Å². The van der Waals surface area contributed by atoms with E-state index in [4.69, 9.17) is 0 Å². The molecule has 0 fully saturated rings. The predicted octanol–water partition coefficient (Wildman–Crippen LogP) is 4.39. The molecule has 0 radical (unpaired) electrons. The first-order valence-electron chi connectivity index (χ1n) is 9.02. The molecule has 5 nitrogen and oxygen atoms in total. The maximum atomic E-state index is 12.9. The largest absolute Gasteiger partial charge is 0.322 e. The van der Waals surface area contributed by atoms with Crippen LogP contribution in [0.3, 0.4) is 0 Å². The Morgan fingerprint density at radius 1 is 1.07 bits per heavy atom. The normalized spacial score (nSPS) is 12.5. The lowest BCUT2D eigenvalue weighted by Gasteiger charge is -2.15. The van der Waals surface area contributed by atoms with Crippen LogP contribution < -0.4 is 10.2 Å². The number of benzene rings is 2. The molecular formula is C22H19N3O2S. The summed E-state index contributed by atoms with van der Waals surface area (Å²) in [7, 11) is 0. The zero-order chi connectivity index (χ0) is 19.5. The monoisotopic (exact) mass is 389 g/mol. The number of fused-ring (bicyclic) bond motifs is 1. The Morgan fingerprint density at radius 3 is 2.68 bits per heavy atom. The summed E-state index contributed by atoms with van der Waals surface area (Å²) in [5, 5.41) is 3.62. The lowest BCUT2D eigenvalue weighted by molar-refractivity contribution is -0.116. The van der Waals surface area contributed by atoms with Gasteiger partial charge >= 0.3 is 0 Å². The highest BCUT2D eigenvalue weighted by Gasteiger charge is 2.22. The van der Waals surface area contributed by atoms with Crippen molar-refractivity contribution in [2.24, 2.45) is 0 Å². The van der Waals surface area contributed by atoms with Gasteiger partial charge in [-0.05, 0) is 54.4 Å². The quantitative estimate of drug-likeness (QED) is 0.719. The van der Waals surface area contributed by atoms with Crippen LogP contribution in [0.5, 0.6) is 0 Å². The summed E-state index contributed by atoms with van der Waals surface area (Å²) in [5.74, 6) is -0.165. The van der Waals surface area contributed by atoms with E-state index in [-0.39, 0.29) is 11.8 Å². The molecule has 0 saturated carbocycles. The Hall–Kier alpha value is -3.12. The van der Waals surface area contributed by atoms with Crippen LogP contribution in [0.25, 0.3) is 0 Å². The molecule has 0 unspecified atom stereocenters. The van der Waals surface area contributed by atoms with Crippen molar-refractivity contribution in [2.45, 2.75) is 23.3 Å². The van der Waals surface area contributed by atoms with Gasteiger partial charge in [-0.2, -0.15) is 0 Å². The number of pyridine rings is 1. The average Bonchev–Trinajstić information content (AvgIpc) is 3.13. The van der Waals surface area contributed by atoms with Crippen molar-refractivity contribution in [2.75, 3.05) is 16.8 Å². The number of carbonyl (C=O) groups is 2. The molecule has 1 aliphatic rings. The molecule has 1 aromatic heterocycles. The Balaban J connectivity index is 1.54. The fraction of sp³-hybridized carbons (Fsp3) is 0.136. The zero-order valence-electron chi connectivity index (χ0n) is 15.4. The lowest BCUT2D eigenvalue weighted by atomic mass is 10.1. The predicted molar refractivity (Wildman–Crippen MR) is 111 cm³/mol. The van der Waals surface area contributed by atoms with Crippen molar-refractivity contribution in [3.8, 4) is 0 Å². The van der Waals surface area contributed by atoms with Gasteiger partial charge in [0, 0.05) is 35.9 Å².